The molecule has 2 aromatic rings. The van der Waals surface area contributed by atoms with Crippen molar-refractivity contribution < 1.29 is 5.11 Å². The lowest BCUT2D eigenvalue weighted by atomic mass is 9.96. The highest BCUT2D eigenvalue weighted by Crippen LogP contribution is 2.32. The summed E-state index contributed by atoms with van der Waals surface area (Å²) in [6, 6.07) is 14.1. The largest absolute Gasteiger partial charge is 0.386 e. The second-order valence-electron chi connectivity index (χ2n) is 5.24. The van der Waals surface area contributed by atoms with Crippen molar-refractivity contribution in [3.63, 3.8) is 0 Å². The van der Waals surface area contributed by atoms with Crippen LogP contribution in [-0.4, -0.2) is 5.11 Å². The van der Waals surface area contributed by atoms with E-state index in [0.29, 0.717) is 0 Å². The molecule has 0 aliphatic rings. The van der Waals surface area contributed by atoms with Gasteiger partial charge in [0.2, 0.25) is 0 Å². The molecule has 0 atom stereocenters. The first-order chi connectivity index (χ1) is 8.86. The van der Waals surface area contributed by atoms with Gasteiger partial charge in [-0.25, -0.2) is 0 Å². The first-order valence-corrected chi connectivity index (χ1v) is 7.01. The molecule has 0 radical (unpaired) electrons. The molecule has 0 fully saturated rings. The van der Waals surface area contributed by atoms with E-state index in [1.54, 1.807) is 13.8 Å². The van der Waals surface area contributed by atoms with Gasteiger partial charge in [-0.2, -0.15) is 0 Å². The SMILES string of the molecule is Cc1ccc(Nc2ccc(Br)cc2C(C)(C)O)cc1. The molecule has 0 saturated heterocycles. The summed E-state index contributed by atoms with van der Waals surface area (Å²) in [7, 11) is 0. The van der Waals surface area contributed by atoms with Crippen LogP contribution in [0.15, 0.2) is 46.9 Å². The van der Waals surface area contributed by atoms with Gasteiger partial charge in [0.15, 0.2) is 0 Å². The summed E-state index contributed by atoms with van der Waals surface area (Å²) in [5, 5.41) is 13.6. The molecule has 0 bridgehead atoms. The molecule has 0 aliphatic carbocycles. The number of hydrogen-bond donors (Lipinski definition) is 2. The van der Waals surface area contributed by atoms with Gasteiger partial charge in [-0.05, 0) is 51.1 Å². The Labute approximate surface area is 122 Å². The number of benzene rings is 2. The minimum Gasteiger partial charge on any atom is -0.386 e. The molecule has 0 saturated carbocycles. The third-order valence-corrected chi connectivity index (χ3v) is 3.46. The molecule has 100 valence electrons. The summed E-state index contributed by atoms with van der Waals surface area (Å²) in [6.07, 6.45) is 0. The Morgan fingerprint density at radius 2 is 1.68 bits per heavy atom. The molecule has 0 amide bonds. The Kier molecular flexibility index (Phi) is 3.97. The van der Waals surface area contributed by atoms with Gasteiger partial charge >= 0.3 is 0 Å². The zero-order valence-electron chi connectivity index (χ0n) is 11.4. The zero-order chi connectivity index (χ0) is 14.0. The molecule has 0 heterocycles. The van der Waals surface area contributed by atoms with Crippen molar-refractivity contribution in [2.75, 3.05) is 5.32 Å². The van der Waals surface area contributed by atoms with Crippen LogP contribution in [0.2, 0.25) is 0 Å². The van der Waals surface area contributed by atoms with E-state index >= 15 is 0 Å². The molecule has 0 spiro atoms. The topological polar surface area (TPSA) is 32.3 Å². The fourth-order valence-electron chi connectivity index (χ4n) is 1.92. The van der Waals surface area contributed by atoms with E-state index in [4.69, 9.17) is 0 Å². The molecule has 2 rings (SSSR count). The van der Waals surface area contributed by atoms with Crippen molar-refractivity contribution in [2.24, 2.45) is 0 Å². The van der Waals surface area contributed by atoms with Gasteiger partial charge in [-0.15, -0.1) is 0 Å². The molecular formula is C16H18BrNO. The molecule has 2 N–H and O–H groups in total. The summed E-state index contributed by atoms with van der Waals surface area (Å²) in [4.78, 5) is 0. The standard InChI is InChI=1S/C16H18BrNO/c1-11-4-7-13(8-5-11)18-15-9-6-12(17)10-14(15)16(2,3)19/h4-10,18-19H,1-3H3. The zero-order valence-corrected chi connectivity index (χ0v) is 13.0. The minimum atomic E-state index is -0.892. The van der Waals surface area contributed by atoms with E-state index < -0.39 is 5.60 Å². The fourth-order valence-corrected chi connectivity index (χ4v) is 2.29. The maximum atomic E-state index is 10.3. The number of nitrogens with one attached hydrogen (secondary N) is 1. The van der Waals surface area contributed by atoms with Gasteiger partial charge in [-0.3, -0.25) is 0 Å². The highest BCUT2D eigenvalue weighted by atomic mass is 79.9. The van der Waals surface area contributed by atoms with Crippen molar-refractivity contribution in [3.8, 4) is 0 Å². The smallest absolute Gasteiger partial charge is 0.0860 e. The summed E-state index contributed by atoms with van der Waals surface area (Å²) < 4.78 is 0.957. The number of hydrogen-bond acceptors (Lipinski definition) is 2. The maximum absolute atomic E-state index is 10.3. The second kappa shape index (κ2) is 5.35. The van der Waals surface area contributed by atoms with Crippen LogP contribution in [0.25, 0.3) is 0 Å². The second-order valence-corrected chi connectivity index (χ2v) is 6.16. The van der Waals surface area contributed by atoms with Crippen LogP contribution in [0.3, 0.4) is 0 Å². The Bertz CT molecular complexity index is 570. The van der Waals surface area contributed by atoms with Crippen molar-refractivity contribution in [2.45, 2.75) is 26.4 Å². The van der Waals surface area contributed by atoms with E-state index in [1.807, 2.05) is 30.3 Å². The predicted octanol–water partition coefficient (Wildman–Crippen LogP) is 4.73. The molecule has 2 nitrogen and oxygen atoms in total. The third-order valence-electron chi connectivity index (χ3n) is 2.97. The average molecular weight is 320 g/mol. The number of aryl methyl sites for hydroxylation is 1. The van der Waals surface area contributed by atoms with Gasteiger partial charge < -0.3 is 10.4 Å². The van der Waals surface area contributed by atoms with Crippen molar-refractivity contribution in [3.05, 3.63) is 58.1 Å². The summed E-state index contributed by atoms with van der Waals surface area (Å²) in [6.45, 7) is 5.63. The maximum Gasteiger partial charge on any atom is 0.0860 e. The lowest BCUT2D eigenvalue weighted by molar-refractivity contribution is 0.0793. The molecule has 0 aromatic heterocycles. The highest BCUT2D eigenvalue weighted by molar-refractivity contribution is 9.10. The van der Waals surface area contributed by atoms with Crippen molar-refractivity contribution in [1.82, 2.24) is 0 Å². The monoisotopic (exact) mass is 319 g/mol. The van der Waals surface area contributed by atoms with Crippen LogP contribution in [0.4, 0.5) is 11.4 Å². The number of halogens is 1. The van der Waals surface area contributed by atoms with Crippen LogP contribution >= 0.6 is 15.9 Å². The summed E-state index contributed by atoms with van der Waals surface area (Å²) >= 11 is 3.44. The van der Waals surface area contributed by atoms with Crippen LogP contribution < -0.4 is 5.32 Å². The molecule has 2 aromatic carbocycles. The van der Waals surface area contributed by atoms with Gasteiger partial charge in [0.1, 0.15) is 0 Å². The number of anilines is 2. The number of rotatable bonds is 3. The Hall–Kier alpha value is -1.32. The van der Waals surface area contributed by atoms with E-state index in [-0.39, 0.29) is 0 Å². The van der Waals surface area contributed by atoms with Crippen LogP contribution in [0.5, 0.6) is 0 Å². The van der Waals surface area contributed by atoms with E-state index in [0.717, 1.165) is 21.4 Å². The summed E-state index contributed by atoms with van der Waals surface area (Å²) in [5.74, 6) is 0. The van der Waals surface area contributed by atoms with Crippen LogP contribution in [0.1, 0.15) is 25.0 Å². The Balaban J connectivity index is 2.37. The van der Waals surface area contributed by atoms with Crippen molar-refractivity contribution in [1.29, 1.82) is 0 Å². The van der Waals surface area contributed by atoms with Gasteiger partial charge in [0.25, 0.3) is 0 Å². The fraction of sp³-hybridized carbons (Fsp3) is 0.250. The van der Waals surface area contributed by atoms with E-state index in [1.165, 1.54) is 5.56 Å². The lowest BCUT2D eigenvalue weighted by Gasteiger charge is -2.23. The molecule has 19 heavy (non-hydrogen) atoms. The van der Waals surface area contributed by atoms with Gasteiger partial charge in [-0.1, -0.05) is 33.6 Å². The van der Waals surface area contributed by atoms with E-state index in [2.05, 4.69) is 40.3 Å². The first kappa shape index (κ1) is 14.1. The third kappa shape index (κ3) is 3.58. The highest BCUT2D eigenvalue weighted by Gasteiger charge is 2.20. The first-order valence-electron chi connectivity index (χ1n) is 6.22. The molecular weight excluding hydrogens is 302 g/mol. The quantitative estimate of drug-likeness (QED) is 0.857. The van der Waals surface area contributed by atoms with Crippen molar-refractivity contribution >= 4 is 27.3 Å². The Morgan fingerprint density at radius 3 is 2.26 bits per heavy atom. The predicted molar refractivity (Wildman–Crippen MR) is 83.8 cm³/mol. The molecule has 0 aliphatic heterocycles. The molecule has 0 unspecified atom stereocenters. The average Bonchev–Trinajstić information content (AvgIpc) is 2.33. The molecule has 3 heteroatoms. The number of aliphatic hydroxyl groups is 1. The van der Waals surface area contributed by atoms with Gasteiger partial charge in [0.05, 0.1) is 5.60 Å². The summed E-state index contributed by atoms with van der Waals surface area (Å²) in [5.41, 5.74) is 3.13. The van der Waals surface area contributed by atoms with E-state index in [9.17, 15) is 5.11 Å². The lowest BCUT2D eigenvalue weighted by Crippen LogP contribution is -2.17. The minimum absolute atomic E-state index is 0.863. The Morgan fingerprint density at radius 1 is 1.05 bits per heavy atom. The van der Waals surface area contributed by atoms with Crippen LogP contribution in [-0.2, 0) is 5.60 Å². The van der Waals surface area contributed by atoms with Crippen LogP contribution in [0, 0.1) is 6.92 Å². The van der Waals surface area contributed by atoms with Gasteiger partial charge in [0, 0.05) is 21.4 Å². The normalized spacial score (nSPS) is 11.4.